The van der Waals surface area contributed by atoms with Crippen LogP contribution in [0.15, 0.2) is 18.2 Å². The summed E-state index contributed by atoms with van der Waals surface area (Å²) in [6.45, 7) is 5.63. The molecule has 0 amide bonds. The van der Waals surface area contributed by atoms with Crippen LogP contribution in [0.1, 0.15) is 32.4 Å². The first-order valence-corrected chi connectivity index (χ1v) is 5.55. The Balaban J connectivity index is 0.00000289. The van der Waals surface area contributed by atoms with E-state index >= 15 is 0 Å². The largest absolute Gasteiger partial charge is 0.493 e. The highest BCUT2D eigenvalue weighted by Gasteiger charge is 2.31. The smallest absolute Gasteiger partial charge is 0.165 e. The molecule has 0 heterocycles. The Kier molecular flexibility index (Phi) is 6.07. The van der Waals surface area contributed by atoms with Gasteiger partial charge in [-0.1, -0.05) is 32.9 Å². The van der Waals surface area contributed by atoms with Gasteiger partial charge >= 0.3 is 0 Å². The van der Waals surface area contributed by atoms with Crippen molar-refractivity contribution in [3.8, 4) is 5.75 Å². The highest BCUT2D eigenvalue weighted by molar-refractivity contribution is 5.85. The van der Waals surface area contributed by atoms with Crippen molar-refractivity contribution in [3.05, 3.63) is 29.6 Å². The number of hydrogen-bond acceptors (Lipinski definition) is 3. The summed E-state index contributed by atoms with van der Waals surface area (Å²) in [5, 5.41) is 10.1. The molecule has 1 rings (SSSR count). The normalized spacial score (nSPS) is 14.6. The minimum atomic E-state index is -0.779. The zero-order valence-electron chi connectivity index (χ0n) is 11.1. The molecule has 104 valence electrons. The number of hydrogen-bond donors (Lipinski definition) is 2. The maximum Gasteiger partial charge on any atom is 0.165 e. The fourth-order valence-electron chi connectivity index (χ4n) is 1.71. The quantitative estimate of drug-likeness (QED) is 0.893. The van der Waals surface area contributed by atoms with Crippen LogP contribution < -0.4 is 10.5 Å². The first kappa shape index (κ1) is 17.2. The molecule has 3 N–H and O–H groups in total. The Morgan fingerprint density at radius 2 is 1.89 bits per heavy atom. The van der Waals surface area contributed by atoms with Crippen molar-refractivity contribution in [2.75, 3.05) is 7.11 Å². The lowest BCUT2D eigenvalue weighted by molar-refractivity contribution is 0.0393. The Morgan fingerprint density at radius 3 is 2.33 bits per heavy atom. The van der Waals surface area contributed by atoms with Crippen LogP contribution in [0, 0.1) is 11.2 Å². The number of aliphatic hydroxyl groups is 1. The highest BCUT2D eigenvalue weighted by atomic mass is 35.5. The predicted molar refractivity (Wildman–Crippen MR) is 72.6 cm³/mol. The first-order valence-electron chi connectivity index (χ1n) is 5.55. The molecule has 0 aliphatic carbocycles. The third-order valence-electron chi connectivity index (χ3n) is 2.79. The van der Waals surface area contributed by atoms with E-state index in [2.05, 4.69) is 0 Å². The van der Waals surface area contributed by atoms with Crippen molar-refractivity contribution >= 4 is 12.4 Å². The van der Waals surface area contributed by atoms with Crippen LogP contribution in [0.2, 0.25) is 0 Å². The Bertz CT molecular complexity index is 393. The zero-order valence-corrected chi connectivity index (χ0v) is 11.9. The second kappa shape index (κ2) is 6.36. The van der Waals surface area contributed by atoms with Gasteiger partial charge in [0.05, 0.1) is 19.3 Å². The minimum absolute atomic E-state index is 0. The van der Waals surface area contributed by atoms with Gasteiger partial charge in [0.2, 0.25) is 0 Å². The molecule has 0 fully saturated rings. The van der Waals surface area contributed by atoms with Gasteiger partial charge in [-0.05, 0) is 11.5 Å². The number of halogens is 2. The molecule has 0 unspecified atom stereocenters. The van der Waals surface area contributed by atoms with Crippen LogP contribution >= 0.6 is 12.4 Å². The number of rotatable bonds is 3. The maximum absolute atomic E-state index is 13.5. The standard InChI is InChI=1S/C13H20FNO2.ClH/c1-13(2,3)12(16)10(15)8-6-5-7-9(14)11(8)17-4;/h5-7,10,12,16H,15H2,1-4H3;1H/t10-,12-;/m0./s1. The van der Waals surface area contributed by atoms with E-state index in [1.54, 1.807) is 12.1 Å². The van der Waals surface area contributed by atoms with Gasteiger partial charge in [0, 0.05) is 5.56 Å². The number of benzene rings is 1. The molecule has 0 aliphatic heterocycles. The minimum Gasteiger partial charge on any atom is -0.493 e. The van der Waals surface area contributed by atoms with Crippen molar-refractivity contribution in [1.29, 1.82) is 0 Å². The summed E-state index contributed by atoms with van der Waals surface area (Å²) in [6.07, 6.45) is -0.779. The van der Waals surface area contributed by atoms with Crippen LogP contribution in [-0.4, -0.2) is 18.3 Å². The lowest BCUT2D eigenvalue weighted by atomic mass is 9.82. The number of nitrogens with two attached hydrogens (primary N) is 1. The molecule has 1 aromatic rings. The maximum atomic E-state index is 13.5. The van der Waals surface area contributed by atoms with Gasteiger partial charge in [-0.25, -0.2) is 4.39 Å². The van der Waals surface area contributed by atoms with E-state index in [0.29, 0.717) is 5.56 Å². The second-order valence-electron chi connectivity index (χ2n) is 5.20. The van der Waals surface area contributed by atoms with E-state index < -0.39 is 18.0 Å². The van der Waals surface area contributed by atoms with E-state index in [-0.39, 0.29) is 23.6 Å². The van der Waals surface area contributed by atoms with E-state index in [1.807, 2.05) is 20.8 Å². The first-order chi connectivity index (χ1) is 7.79. The molecule has 0 spiro atoms. The van der Waals surface area contributed by atoms with Gasteiger partial charge in [0.1, 0.15) is 0 Å². The van der Waals surface area contributed by atoms with Crippen molar-refractivity contribution in [2.24, 2.45) is 11.1 Å². The molecule has 0 bridgehead atoms. The lowest BCUT2D eigenvalue weighted by Gasteiger charge is -2.31. The third-order valence-corrected chi connectivity index (χ3v) is 2.79. The summed E-state index contributed by atoms with van der Waals surface area (Å²) >= 11 is 0. The monoisotopic (exact) mass is 277 g/mol. The van der Waals surface area contributed by atoms with Gasteiger partial charge in [0.15, 0.2) is 11.6 Å². The van der Waals surface area contributed by atoms with Gasteiger partial charge in [-0.2, -0.15) is 0 Å². The fraction of sp³-hybridized carbons (Fsp3) is 0.538. The number of aliphatic hydroxyl groups excluding tert-OH is 1. The van der Waals surface area contributed by atoms with Crippen LogP contribution in [-0.2, 0) is 0 Å². The molecule has 3 nitrogen and oxygen atoms in total. The average molecular weight is 278 g/mol. The van der Waals surface area contributed by atoms with E-state index in [0.717, 1.165) is 0 Å². The SMILES string of the molecule is COc1c(F)cccc1[C@H](N)[C@H](O)C(C)(C)C.Cl. The molecule has 0 aliphatic rings. The van der Waals surface area contributed by atoms with Gasteiger partial charge in [0.25, 0.3) is 0 Å². The van der Waals surface area contributed by atoms with E-state index in [4.69, 9.17) is 10.5 Å². The van der Waals surface area contributed by atoms with Crippen LogP contribution in [0.3, 0.4) is 0 Å². The van der Waals surface area contributed by atoms with Crippen molar-refractivity contribution in [2.45, 2.75) is 32.9 Å². The Hall–Kier alpha value is -0.840. The van der Waals surface area contributed by atoms with E-state index in [9.17, 15) is 9.50 Å². The van der Waals surface area contributed by atoms with Crippen molar-refractivity contribution in [3.63, 3.8) is 0 Å². The summed E-state index contributed by atoms with van der Waals surface area (Å²) in [5.41, 5.74) is 6.08. The molecule has 1 aromatic carbocycles. The van der Waals surface area contributed by atoms with Crippen molar-refractivity contribution < 1.29 is 14.2 Å². The number of para-hydroxylation sites is 1. The number of methoxy groups -OCH3 is 1. The van der Waals surface area contributed by atoms with E-state index in [1.165, 1.54) is 13.2 Å². The lowest BCUT2D eigenvalue weighted by Crippen LogP contribution is -2.37. The van der Waals surface area contributed by atoms with Crippen LogP contribution in [0.5, 0.6) is 5.75 Å². The molecule has 5 heteroatoms. The molecule has 0 saturated carbocycles. The summed E-state index contributed by atoms with van der Waals surface area (Å²) in [6, 6.07) is 3.85. The predicted octanol–water partition coefficient (Wildman–Crippen LogP) is 2.66. The Morgan fingerprint density at radius 1 is 1.33 bits per heavy atom. The Labute approximate surface area is 114 Å². The summed E-state index contributed by atoms with van der Waals surface area (Å²) in [5.74, 6) is -0.371. The molecular weight excluding hydrogens is 257 g/mol. The second-order valence-corrected chi connectivity index (χ2v) is 5.20. The molecule has 2 atom stereocenters. The summed E-state index contributed by atoms with van der Waals surface area (Å²) in [4.78, 5) is 0. The van der Waals surface area contributed by atoms with Gasteiger partial charge in [-0.3, -0.25) is 0 Å². The fourth-order valence-corrected chi connectivity index (χ4v) is 1.71. The summed E-state index contributed by atoms with van der Waals surface area (Å²) in [7, 11) is 1.39. The molecule has 18 heavy (non-hydrogen) atoms. The van der Waals surface area contributed by atoms with Crippen LogP contribution in [0.25, 0.3) is 0 Å². The third kappa shape index (κ3) is 3.57. The van der Waals surface area contributed by atoms with Gasteiger partial charge < -0.3 is 15.6 Å². The average Bonchev–Trinajstić information content (AvgIpc) is 2.25. The molecular formula is C13H21ClFNO2. The van der Waals surface area contributed by atoms with Gasteiger partial charge in [-0.15, -0.1) is 12.4 Å². The molecule has 0 saturated heterocycles. The number of ether oxygens (including phenoxy) is 1. The zero-order chi connectivity index (χ0) is 13.2. The van der Waals surface area contributed by atoms with Crippen LogP contribution in [0.4, 0.5) is 4.39 Å². The molecule has 0 aromatic heterocycles. The highest BCUT2D eigenvalue weighted by Crippen LogP contribution is 2.34. The topological polar surface area (TPSA) is 55.5 Å². The summed E-state index contributed by atoms with van der Waals surface area (Å²) < 4.78 is 18.5. The molecule has 0 radical (unpaired) electrons. The van der Waals surface area contributed by atoms with Crippen molar-refractivity contribution in [1.82, 2.24) is 0 Å².